The van der Waals surface area contributed by atoms with Crippen LogP contribution in [0.4, 0.5) is 0 Å². The molecule has 0 bridgehead atoms. The van der Waals surface area contributed by atoms with Crippen LogP contribution in [0, 0.1) is 0 Å². The van der Waals surface area contributed by atoms with Crippen molar-refractivity contribution < 1.29 is 5.11 Å². The minimum Gasteiger partial charge on any atom is -0.393 e. The maximum absolute atomic E-state index is 9.60. The topological polar surface area (TPSA) is 26.7 Å². The van der Waals surface area contributed by atoms with Gasteiger partial charge in [0, 0.05) is 38.8 Å². The Morgan fingerprint density at radius 3 is 2.20 bits per heavy atom. The van der Waals surface area contributed by atoms with Gasteiger partial charge < -0.3 is 5.11 Å². The molecule has 0 aromatic heterocycles. The summed E-state index contributed by atoms with van der Waals surface area (Å²) < 4.78 is 0. The number of aliphatic hydroxyl groups excluding tert-OH is 1. The van der Waals surface area contributed by atoms with Crippen molar-refractivity contribution >= 4 is 0 Å². The Morgan fingerprint density at radius 2 is 1.55 bits per heavy atom. The van der Waals surface area contributed by atoms with Gasteiger partial charge in [0.25, 0.3) is 0 Å². The lowest BCUT2D eigenvalue weighted by molar-refractivity contribution is 0.0423. The maximum atomic E-state index is 9.60. The number of hydrogen-bond acceptors (Lipinski definition) is 3. The zero-order chi connectivity index (χ0) is 13.8. The molecule has 110 valence electrons. The number of nitrogens with zero attached hydrogens (tertiary/aromatic N) is 2. The van der Waals surface area contributed by atoms with Crippen LogP contribution in [-0.2, 0) is 6.54 Å². The molecule has 2 aliphatic rings. The predicted octanol–water partition coefficient (Wildman–Crippen LogP) is 2.11. The molecule has 0 atom stereocenters. The van der Waals surface area contributed by atoms with Crippen molar-refractivity contribution in [1.29, 1.82) is 0 Å². The second kappa shape index (κ2) is 6.70. The second-order valence-corrected chi connectivity index (χ2v) is 6.26. The molecule has 1 aromatic rings. The molecular formula is C17H26N2O. The van der Waals surface area contributed by atoms with Gasteiger partial charge in [-0.1, -0.05) is 30.3 Å². The van der Waals surface area contributed by atoms with Gasteiger partial charge in [0.05, 0.1) is 6.10 Å². The van der Waals surface area contributed by atoms with E-state index >= 15 is 0 Å². The normalized spacial score (nSPS) is 29.4. The van der Waals surface area contributed by atoms with Crippen LogP contribution < -0.4 is 0 Å². The van der Waals surface area contributed by atoms with Crippen molar-refractivity contribution in [2.75, 3.05) is 26.2 Å². The summed E-state index contributed by atoms with van der Waals surface area (Å²) >= 11 is 0. The molecule has 1 saturated heterocycles. The summed E-state index contributed by atoms with van der Waals surface area (Å²) in [4.78, 5) is 5.21. The van der Waals surface area contributed by atoms with Crippen LogP contribution in [0.5, 0.6) is 0 Å². The van der Waals surface area contributed by atoms with Crippen LogP contribution >= 0.6 is 0 Å². The van der Waals surface area contributed by atoms with E-state index in [0.29, 0.717) is 0 Å². The largest absolute Gasteiger partial charge is 0.393 e. The molecule has 1 saturated carbocycles. The van der Waals surface area contributed by atoms with Crippen molar-refractivity contribution in [3.8, 4) is 0 Å². The fourth-order valence-corrected chi connectivity index (χ4v) is 3.55. The van der Waals surface area contributed by atoms with Gasteiger partial charge in [0.1, 0.15) is 0 Å². The molecule has 3 nitrogen and oxygen atoms in total. The molecule has 0 unspecified atom stereocenters. The van der Waals surface area contributed by atoms with Gasteiger partial charge in [-0.15, -0.1) is 0 Å². The molecule has 1 aliphatic carbocycles. The number of hydrogen-bond donors (Lipinski definition) is 1. The Balaban J connectivity index is 1.45. The lowest BCUT2D eigenvalue weighted by Crippen LogP contribution is -2.51. The van der Waals surface area contributed by atoms with Gasteiger partial charge in [-0.3, -0.25) is 9.80 Å². The summed E-state index contributed by atoms with van der Waals surface area (Å²) in [6.07, 6.45) is 4.31. The van der Waals surface area contributed by atoms with Crippen LogP contribution in [0.25, 0.3) is 0 Å². The molecule has 3 rings (SSSR count). The number of benzene rings is 1. The van der Waals surface area contributed by atoms with E-state index in [1.807, 2.05) is 0 Å². The first-order valence-corrected chi connectivity index (χ1v) is 7.99. The van der Waals surface area contributed by atoms with E-state index in [1.165, 1.54) is 44.6 Å². The maximum Gasteiger partial charge on any atom is 0.0541 e. The van der Waals surface area contributed by atoms with Gasteiger partial charge in [-0.25, -0.2) is 0 Å². The van der Waals surface area contributed by atoms with E-state index in [9.17, 15) is 5.11 Å². The smallest absolute Gasteiger partial charge is 0.0541 e. The van der Waals surface area contributed by atoms with Crippen molar-refractivity contribution in [2.24, 2.45) is 0 Å². The quantitative estimate of drug-likeness (QED) is 0.914. The minimum absolute atomic E-state index is 0.0365. The van der Waals surface area contributed by atoms with Crippen molar-refractivity contribution in [3.63, 3.8) is 0 Å². The van der Waals surface area contributed by atoms with E-state index in [4.69, 9.17) is 0 Å². The zero-order valence-corrected chi connectivity index (χ0v) is 12.2. The first kappa shape index (κ1) is 14.1. The summed E-state index contributed by atoms with van der Waals surface area (Å²) in [6, 6.07) is 11.5. The molecule has 1 aromatic carbocycles. The van der Waals surface area contributed by atoms with E-state index in [2.05, 4.69) is 40.1 Å². The van der Waals surface area contributed by atoms with Crippen LogP contribution in [0.2, 0.25) is 0 Å². The van der Waals surface area contributed by atoms with E-state index < -0.39 is 0 Å². The van der Waals surface area contributed by atoms with Gasteiger partial charge in [-0.05, 0) is 31.2 Å². The molecule has 20 heavy (non-hydrogen) atoms. The van der Waals surface area contributed by atoms with Crippen molar-refractivity contribution in [3.05, 3.63) is 35.9 Å². The minimum atomic E-state index is -0.0365. The van der Waals surface area contributed by atoms with Crippen LogP contribution in [0.1, 0.15) is 31.2 Å². The fourth-order valence-electron chi connectivity index (χ4n) is 3.55. The number of rotatable bonds is 3. The Hall–Kier alpha value is -0.900. The fraction of sp³-hybridized carbons (Fsp3) is 0.647. The van der Waals surface area contributed by atoms with Crippen molar-refractivity contribution in [1.82, 2.24) is 9.80 Å². The molecule has 0 amide bonds. The summed E-state index contributed by atoms with van der Waals surface area (Å²) in [5, 5.41) is 9.60. The molecule has 1 aliphatic heterocycles. The lowest BCUT2D eigenvalue weighted by atomic mass is 9.91. The SMILES string of the molecule is O[C@H]1CC[C@@H](N2CCN(Cc3ccccc3)CC2)CC1. The van der Waals surface area contributed by atoms with Crippen LogP contribution in [0.15, 0.2) is 30.3 Å². The highest BCUT2D eigenvalue weighted by Crippen LogP contribution is 2.24. The Labute approximate surface area is 122 Å². The highest BCUT2D eigenvalue weighted by Gasteiger charge is 2.27. The lowest BCUT2D eigenvalue weighted by Gasteiger charge is -2.41. The average Bonchev–Trinajstić information content (AvgIpc) is 2.50. The van der Waals surface area contributed by atoms with E-state index in [-0.39, 0.29) is 6.10 Å². The van der Waals surface area contributed by atoms with E-state index in [1.54, 1.807) is 0 Å². The molecule has 3 heteroatoms. The first-order chi connectivity index (χ1) is 9.81. The van der Waals surface area contributed by atoms with Crippen LogP contribution in [0.3, 0.4) is 0 Å². The van der Waals surface area contributed by atoms with Crippen LogP contribution in [-0.4, -0.2) is 53.2 Å². The van der Waals surface area contributed by atoms with Gasteiger partial charge in [-0.2, -0.15) is 0 Å². The molecular weight excluding hydrogens is 248 g/mol. The summed E-state index contributed by atoms with van der Waals surface area (Å²) in [5.41, 5.74) is 1.42. The highest BCUT2D eigenvalue weighted by molar-refractivity contribution is 5.14. The molecule has 2 fully saturated rings. The van der Waals surface area contributed by atoms with Crippen molar-refractivity contribution in [2.45, 2.75) is 44.4 Å². The Morgan fingerprint density at radius 1 is 0.900 bits per heavy atom. The summed E-state index contributed by atoms with van der Waals surface area (Å²) in [6.45, 7) is 5.81. The summed E-state index contributed by atoms with van der Waals surface area (Å²) in [5.74, 6) is 0. The molecule has 1 heterocycles. The van der Waals surface area contributed by atoms with E-state index in [0.717, 1.165) is 25.4 Å². The number of aliphatic hydroxyl groups is 1. The third-order valence-corrected chi connectivity index (χ3v) is 4.84. The highest BCUT2D eigenvalue weighted by atomic mass is 16.3. The number of piperazine rings is 1. The average molecular weight is 274 g/mol. The monoisotopic (exact) mass is 274 g/mol. The Bertz CT molecular complexity index is 393. The zero-order valence-electron chi connectivity index (χ0n) is 12.2. The first-order valence-electron chi connectivity index (χ1n) is 7.99. The third-order valence-electron chi connectivity index (χ3n) is 4.84. The van der Waals surface area contributed by atoms with Gasteiger partial charge >= 0.3 is 0 Å². The van der Waals surface area contributed by atoms with Gasteiger partial charge in [0.15, 0.2) is 0 Å². The molecule has 0 spiro atoms. The third kappa shape index (κ3) is 3.60. The molecule has 0 radical (unpaired) electrons. The predicted molar refractivity (Wildman–Crippen MR) is 81.6 cm³/mol. The standard InChI is InChI=1S/C17H26N2O/c20-17-8-6-16(7-9-17)19-12-10-18(11-13-19)14-15-4-2-1-3-5-15/h1-5,16-17,20H,6-14H2/t16-,17+. The molecule has 1 N–H and O–H groups in total. The van der Waals surface area contributed by atoms with Gasteiger partial charge in [0.2, 0.25) is 0 Å². The second-order valence-electron chi connectivity index (χ2n) is 6.26. The summed E-state index contributed by atoms with van der Waals surface area (Å²) in [7, 11) is 0. The Kier molecular flexibility index (Phi) is 4.71.